The van der Waals surface area contributed by atoms with Crippen molar-refractivity contribution in [3.63, 3.8) is 0 Å². The van der Waals surface area contributed by atoms with Gasteiger partial charge in [0.15, 0.2) is 17.5 Å². The summed E-state index contributed by atoms with van der Waals surface area (Å²) < 4.78 is 11.1. The highest BCUT2D eigenvalue weighted by molar-refractivity contribution is 5.40. The van der Waals surface area contributed by atoms with Crippen molar-refractivity contribution in [2.45, 2.75) is 31.3 Å². The van der Waals surface area contributed by atoms with E-state index < -0.39 is 24.1 Å². The number of hydrogen-bond donors (Lipinski definition) is 3. The van der Waals surface area contributed by atoms with Crippen LogP contribution in [0.25, 0.3) is 0 Å². The fourth-order valence-corrected chi connectivity index (χ4v) is 3.01. The average molecular weight is 346 g/mol. The molecule has 0 saturated carbocycles. The van der Waals surface area contributed by atoms with Gasteiger partial charge in [-0.1, -0.05) is 60.7 Å². The van der Waals surface area contributed by atoms with Gasteiger partial charge in [-0.2, -0.15) is 0 Å². The maximum Gasteiger partial charge on any atom is 0.192 e. The summed E-state index contributed by atoms with van der Waals surface area (Å²) in [5, 5.41) is 33.2. The summed E-state index contributed by atoms with van der Waals surface area (Å²) in [5.41, 5.74) is -3.18. The molecule has 2 aromatic carbocycles. The van der Waals surface area contributed by atoms with Gasteiger partial charge in [0.05, 0.1) is 6.61 Å². The molecule has 3 N–H and O–H groups in total. The smallest absolute Gasteiger partial charge is 0.192 e. The van der Waals surface area contributed by atoms with E-state index in [1.54, 1.807) is 62.4 Å². The van der Waals surface area contributed by atoms with Crippen molar-refractivity contribution in [3.05, 3.63) is 71.8 Å². The highest BCUT2D eigenvalue weighted by Crippen LogP contribution is 2.42. The van der Waals surface area contributed by atoms with E-state index in [1.165, 1.54) is 0 Å². The summed E-state index contributed by atoms with van der Waals surface area (Å²) in [5.74, 6) is 0. The first-order valence-corrected chi connectivity index (χ1v) is 8.44. The second-order valence-corrected chi connectivity index (χ2v) is 5.77. The minimum Gasteiger partial charge on any atom is -0.393 e. The van der Waals surface area contributed by atoms with Crippen molar-refractivity contribution in [1.29, 1.82) is 0 Å². The third kappa shape index (κ3) is 3.61. The fraction of sp³-hybridized carbons (Fsp3) is 0.400. The number of aliphatic hydroxyl groups is 3. The predicted molar refractivity (Wildman–Crippen MR) is 95.0 cm³/mol. The Morgan fingerprint density at radius 1 is 0.800 bits per heavy atom. The van der Waals surface area contributed by atoms with Crippen LogP contribution in [0.15, 0.2) is 60.7 Å². The Bertz CT molecular complexity index is 586. The molecule has 136 valence electrons. The van der Waals surface area contributed by atoms with E-state index in [0.717, 1.165) is 0 Å². The predicted octanol–water partition coefficient (Wildman–Crippen LogP) is 2.04. The first kappa shape index (κ1) is 19.6. The molecule has 25 heavy (non-hydrogen) atoms. The molecule has 1 atom stereocenters. The molecule has 0 aliphatic heterocycles. The topological polar surface area (TPSA) is 79.2 Å². The summed E-state index contributed by atoms with van der Waals surface area (Å²) in [4.78, 5) is 0. The van der Waals surface area contributed by atoms with Crippen molar-refractivity contribution in [1.82, 2.24) is 0 Å². The first-order valence-electron chi connectivity index (χ1n) is 8.44. The third-order valence-corrected chi connectivity index (χ3v) is 4.28. The second kappa shape index (κ2) is 8.56. The summed E-state index contributed by atoms with van der Waals surface area (Å²) >= 11 is 0. The molecule has 0 aliphatic carbocycles. The first-order chi connectivity index (χ1) is 12.0. The van der Waals surface area contributed by atoms with Crippen molar-refractivity contribution in [3.8, 4) is 0 Å². The number of aliphatic hydroxyl groups excluding tert-OH is 1. The van der Waals surface area contributed by atoms with Gasteiger partial charge in [-0.3, -0.25) is 0 Å². The molecule has 0 aromatic heterocycles. The van der Waals surface area contributed by atoms with Gasteiger partial charge in [-0.25, -0.2) is 0 Å². The second-order valence-electron chi connectivity index (χ2n) is 5.77. The molecule has 0 radical (unpaired) electrons. The van der Waals surface area contributed by atoms with Crippen molar-refractivity contribution < 1.29 is 24.8 Å². The Hall–Kier alpha value is -1.76. The third-order valence-electron chi connectivity index (χ3n) is 4.28. The van der Waals surface area contributed by atoms with Gasteiger partial charge in [0.1, 0.15) is 0 Å². The van der Waals surface area contributed by atoms with E-state index in [4.69, 9.17) is 9.47 Å². The maximum absolute atomic E-state index is 11.7. The zero-order chi connectivity index (χ0) is 18.3. The van der Waals surface area contributed by atoms with Crippen LogP contribution in [0.4, 0.5) is 0 Å². The maximum atomic E-state index is 11.7. The summed E-state index contributed by atoms with van der Waals surface area (Å²) in [7, 11) is 0. The molecule has 0 spiro atoms. The van der Waals surface area contributed by atoms with E-state index in [0.29, 0.717) is 11.1 Å². The zero-order valence-corrected chi connectivity index (χ0v) is 14.6. The molecular weight excluding hydrogens is 320 g/mol. The van der Waals surface area contributed by atoms with Gasteiger partial charge in [0.2, 0.25) is 0 Å². The molecule has 0 bridgehead atoms. The Morgan fingerprint density at radius 3 is 1.52 bits per heavy atom. The lowest BCUT2D eigenvalue weighted by atomic mass is 9.72. The summed E-state index contributed by atoms with van der Waals surface area (Å²) in [6, 6.07) is 17.5. The molecule has 0 fully saturated rings. The highest BCUT2D eigenvalue weighted by atomic mass is 16.7. The van der Waals surface area contributed by atoms with Gasteiger partial charge in [-0.05, 0) is 25.0 Å². The van der Waals surface area contributed by atoms with Crippen LogP contribution in [0.1, 0.15) is 25.0 Å². The molecule has 0 unspecified atom stereocenters. The van der Waals surface area contributed by atoms with E-state index in [1.807, 2.05) is 12.1 Å². The number of benzene rings is 2. The molecule has 0 aliphatic rings. The lowest BCUT2D eigenvalue weighted by molar-refractivity contribution is -0.295. The minimum atomic E-state index is -2.11. The van der Waals surface area contributed by atoms with Gasteiger partial charge in [0, 0.05) is 13.2 Å². The van der Waals surface area contributed by atoms with E-state index in [-0.39, 0.29) is 13.2 Å². The van der Waals surface area contributed by atoms with E-state index >= 15 is 0 Å². The number of rotatable bonds is 9. The van der Waals surface area contributed by atoms with Gasteiger partial charge >= 0.3 is 0 Å². The Morgan fingerprint density at radius 2 is 1.20 bits per heavy atom. The van der Waals surface area contributed by atoms with Crippen molar-refractivity contribution >= 4 is 0 Å². The van der Waals surface area contributed by atoms with Crippen LogP contribution >= 0.6 is 0 Å². The number of hydrogen-bond acceptors (Lipinski definition) is 5. The molecule has 0 amide bonds. The Labute approximate surface area is 148 Å². The van der Waals surface area contributed by atoms with Crippen LogP contribution in [0.2, 0.25) is 0 Å². The molecule has 2 rings (SSSR count). The Kier molecular flexibility index (Phi) is 6.70. The van der Waals surface area contributed by atoms with Crippen molar-refractivity contribution in [2.75, 3.05) is 19.8 Å². The highest BCUT2D eigenvalue weighted by Gasteiger charge is 2.57. The zero-order valence-electron chi connectivity index (χ0n) is 14.6. The monoisotopic (exact) mass is 346 g/mol. The lowest BCUT2D eigenvalue weighted by Crippen LogP contribution is -2.63. The standard InChI is InChI=1S/C20H26O5/c1-3-24-18(25-4-2)19(22,15-21)20(23,16-11-7-5-8-12-16)17-13-9-6-10-14-17/h5-14,18,21-23H,3-4,15H2,1-2H3/t19-/m1/s1. The van der Waals surface area contributed by atoms with E-state index in [2.05, 4.69) is 0 Å². The SMILES string of the molecule is CCOC(OCC)[C@](O)(CO)C(O)(c1ccccc1)c1ccccc1. The molecule has 0 heterocycles. The molecule has 5 heteroatoms. The van der Waals surface area contributed by atoms with Crippen molar-refractivity contribution in [2.24, 2.45) is 0 Å². The summed E-state index contributed by atoms with van der Waals surface area (Å²) in [6.45, 7) is 3.28. The lowest BCUT2D eigenvalue weighted by Gasteiger charge is -2.46. The largest absolute Gasteiger partial charge is 0.393 e. The van der Waals surface area contributed by atoms with Gasteiger partial charge < -0.3 is 24.8 Å². The molecule has 0 saturated heterocycles. The quantitative estimate of drug-likeness (QED) is 0.606. The molecular formula is C20H26O5. The normalized spacial score (nSPS) is 14.5. The van der Waals surface area contributed by atoms with Crippen LogP contribution in [-0.2, 0) is 15.1 Å². The van der Waals surface area contributed by atoms with Crippen LogP contribution < -0.4 is 0 Å². The van der Waals surface area contributed by atoms with Crippen LogP contribution in [0.3, 0.4) is 0 Å². The van der Waals surface area contributed by atoms with Crippen LogP contribution in [-0.4, -0.2) is 47.0 Å². The minimum absolute atomic E-state index is 0.257. The van der Waals surface area contributed by atoms with E-state index in [9.17, 15) is 15.3 Å². The molecule has 5 nitrogen and oxygen atoms in total. The summed E-state index contributed by atoms with van der Waals surface area (Å²) in [6.07, 6.45) is -1.21. The average Bonchev–Trinajstić information content (AvgIpc) is 2.68. The molecule has 2 aromatic rings. The van der Waals surface area contributed by atoms with Gasteiger partial charge in [-0.15, -0.1) is 0 Å². The Balaban J connectivity index is 2.68. The van der Waals surface area contributed by atoms with Crippen LogP contribution in [0, 0.1) is 0 Å². The number of ether oxygens (including phenoxy) is 2. The van der Waals surface area contributed by atoms with Gasteiger partial charge in [0.25, 0.3) is 0 Å². The van der Waals surface area contributed by atoms with Crippen LogP contribution in [0.5, 0.6) is 0 Å². The fourth-order valence-electron chi connectivity index (χ4n) is 3.01.